The lowest BCUT2D eigenvalue weighted by atomic mass is 9.94. The average Bonchev–Trinajstić information content (AvgIpc) is 2.77. The Morgan fingerprint density at radius 3 is 2.58 bits per heavy atom. The van der Waals surface area contributed by atoms with E-state index in [2.05, 4.69) is 49.1 Å². The first kappa shape index (κ1) is 13.7. The number of nitrogens with two attached hydrogens (primary N) is 1. The van der Waals surface area contributed by atoms with Crippen molar-refractivity contribution in [2.24, 2.45) is 5.73 Å². The highest BCUT2D eigenvalue weighted by atomic mass is 15.3. The number of benzene rings is 1. The fraction of sp³-hybridized carbons (Fsp3) is 0.467. The van der Waals surface area contributed by atoms with Gasteiger partial charge in [-0.05, 0) is 37.0 Å². The number of aryl methyl sites for hydroxylation is 3. The Morgan fingerprint density at radius 2 is 1.95 bits per heavy atom. The first-order valence-corrected chi connectivity index (χ1v) is 6.81. The summed E-state index contributed by atoms with van der Waals surface area (Å²) in [6.45, 7) is 7.25. The van der Waals surface area contributed by atoms with Crippen molar-refractivity contribution in [3.8, 4) is 0 Å². The van der Waals surface area contributed by atoms with Crippen LogP contribution in [0.3, 0.4) is 0 Å². The molecule has 0 aliphatic heterocycles. The van der Waals surface area contributed by atoms with E-state index in [0.717, 1.165) is 25.2 Å². The maximum absolute atomic E-state index is 6.37. The third kappa shape index (κ3) is 3.01. The van der Waals surface area contributed by atoms with Crippen LogP contribution >= 0.6 is 0 Å². The molecule has 1 unspecified atom stereocenters. The molecule has 0 saturated carbocycles. The normalized spacial score (nSPS) is 12.6. The van der Waals surface area contributed by atoms with Crippen molar-refractivity contribution < 1.29 is 0 Å². The van der Waals surface area contributed by atoms with Gasteiger partial charge in [0.25, 0.3) is 0 Å². The summed E-state index contributed by atoms with van der Waals surface area (Å²) in [4.78, 5) is 4.33. The van der Waals surface area contributed by atoms with Crippen molar-refractivity contribution in [3.63, 3.8) is 0 Å². The Hall–Kier alpha value is -1.68. The van der Waals surface area contributed by atoms with E-state index in [4.69, 9.17) is 5.73 Å². The maximum atomic E-state index is 6.37. The van der Waals surface area contributed by atoms with Gasteiger partial charge in [0.1, 0.15) is 12.2 Å². The van der Waals surface area contributed by atoms with Gasteiger partial charge in [0.2, 0.25) is 0 Å². The van der Waals surface area contributed by atoms with Gasteiger partial charge >= 0.3 is 0 Å². The van der Waals surface area contributed by atoms with Crippen molar-refractivity contribution in [3.05, 3.63) is 47.0 Å². The highest BCUT2D eigenvalue weighted by Crippen LogP contribution is 2.22. The summed E-state index contributed by atoms with van der Waals surface area (Å²) in [5.41, 5.74) is 10.1. The van der Waals surface area contributed by atoms with E-state index in [1.54, 1.807) is 6.33 Å². The van der Waals surface area contributed by atoms with Gasteiger partial charge in [-0.15, -0.1) is 0 Å². The fourth-order valence-corrected chi connectivity index (χ4v) is 2.56. The molecule has 2 rings (SSSR count). The first-order valence-electron chi connectivity index (χ1n) is 6.81. The molecule has 2 aromatic rings. The van der Waals surface area contributed by atoms with Gasteiger partial charge in [0.05, 0.1) is 0 Å². The van der Waals surface area contributed by atoms with Crippen molar-refractivity contribution >= 4 is 0 Å². The van der Waals surface area contributed by atoms with E-state index < -0.39 is 0 Å². The summed E-state index contributed by atoms with van der Waals surface area (Å²) in [5.74, 6) is 0.969. The molecular formula is C15H22N4. The molecule has 102 valence electrons. The highest BCUT2D eigenvalue weighted by Gasteiger charge is 2.15. The minimum absolute atomic E-state index is 0.0268. The molecule has 0 saturated heterocycles. The molecule has 0 aliphatic carbocycles. The molecule has 2 N–H and O–H groups in total. The van der Waals surface area contributed by atoms with Crippen LogP contribution in [0.5, 0.6) is 0 Å². The summed E-state index contributed by atoms with van der Waals surface area (Å²) in [7, 11) is 0. The number of hydrogen-bond acceptors (Lipinski definition) is 3. The first-order chi connectivity index (χ1) is 9.13. The van der Waals surface area contributed by atoms with E-state index in [1.807, 2.05) is 4.68 Å². The molecule has 4 nitrogen and oxygen atoms in total. The largest absolute Gasteiger partial charge is 0.324 e. The molecule has 1 aromatic heterocycles. The number of nitrogens with zero attached hydrogens (tertiary/aromatic N) is 3. The zero-order chi connectivity index (χ0) is 13.8. The lowest BCUT2D eigenvalue weighted by Crippen LogP contribution is -2.19. The Bertz CT molecular complexity index is 525. The molecule has 1 heterocycles. The molecule has 0 spiro atoms. The zero-order valence-corrected chi connectivity index (χ0v) is 11.9. The van der Waals surface area contributed by atoms with Gasteiger partial charge < -0.3 is 5.73 Å². The topological polar surface area (TPSA) is 56.7 Å². The maximum Gasteiger partial charge on any atom is 0.138 e. The Balaban J connectivity index is 2.21. The second-order valence-electron chi connectivity index (χ2n) is 5.02. The van der Waals surface area contributed by atoms with Crippen LogP contribution in [0.15, 0.2) is 24.5 Å². The number of hydrogen-bond donors (Lipinski definition) is 1. The van der Waals surface area contributed by atoms with Gasteiger partial charge in [-0.25, -0.2) is 4.98 Å². The van der Waals surface area contributed by atoms with Gasteiger partial charge in [0, 0.05) is 19.0 Å². The molecule has 1 atom stereocenters. The highest BCUT2D eigenvalue weighted by molar-refractivity contribution is 5.36. The monoisotopic (exact) mass is 258 g/mol. The number of rotatable bonds is 5. The van der Waals surface area contributed by atoms with E-state index in [1.165, 1.54) is 16.7 Å². The van der Waals surface area contributed by atoms with Crippen molar-refractivity contribution in [1.82, 2.24) is 14.8 Å². The van der Waals surface area contributed by atoms with Gasteiger partial charge in [-0.3, -0.25) is 4.68 Å². The molecule has 0 fully saturated rings. The van der Waals surface area contributed by atoms with Crippen LogP contribution in [0.2, 0.25) is 0 Å². The Morgan fingerprint density at radius 1 is 1.26 bits per heavy atom. The van der Waals surface area contributed by atoms with Gasteiger partial charge in [-0.1, -0.05) is 25.1 Å². The van der Waals surface area contributed by atoms with E-state index in [0.29, 0.717) is 0 Å². The van der Waals surface area contributed by atoms with E-state index >= 15 is 0 Å². The van der Waals surface area contributed by atoms with Gasteiger partial charge in [0.15, 0.2) is 0 Å². The van der Waals surface area contributed by atoms with E-state index in [9.17, 15) is 0 Å². The van der Waals surface area contributed by atoms with Crippen LogP contribution in [-0.2, 0) is 13.0 Å². The third-order valence-electron chi connectivity index (χ3n) is 3.45. The predicted octanol–water partition coefficient (Wildman–Crippen LogP) is 2.55. The smallest absolute Gasteiger partial charge is 0.138 e. The Kier molecular flexibility index (Phi) is 4.32. The van der Waals surface area contributed by atoms with Crippen LogP contribution in [0.25, 0.3) is 0 Å². The van der Waals surface area contributed by atoms with Crippen LogP contribution in [0, 0.1) is 13.8 Å². The zero-order valence-electron chi connectivity index (χ0n) is 11.9. The third-order valence-corrected chi connectivity index (χ3v) is 3.45. The predicted molar refractivity (Wildman–Crippen MR) is 76.9 cm³/mol. The SMILES string of the molecule is CCCn1ncnc1CC(N)c1c(C)cccc1C. The second-order valence-corrected chi connectivity index (χ2v) is 5.02. The lowest BCUT2D eigenvalue weighted by Gasteiger charge is -2.17. The minimum Gasteiger partial charge on any atom is -0.324 e. The van der Waals surface area contributed by atoms with Crippen LogP contribution in [-0.4, -0.2) is 14.8 Å². The lowest BCUT2D eigenvalue weighted by molar-refractivity contribution is 0.547. The molecule has 0 radical (unpaired) electrons. The van der Waals surface area contributed by atoms with Crippen molar-refractivity contribution in [2.45, 2.75) is 46.2 Å². The average molecular weight is 258 g/mol. The van der Waals surface area contributed by atoms with Crippen LogP contribution < -0.4 is 5.73 Å². The molecule has 19 heavy (non-hydrogen) atoms. The second kappa shape index (κ2) is 5.97. The van der Waals surface area contributed by atoms with Gasteiger partial charge in [-0.2, -0.15) is 5.10 Å². The van der Waals surface area contributed by atoms with Crippen molar-refractivity contribution in [1.29, 1.82) is 0 Å². The van der Waals surface area contributed by atoms with Crippen LogP contribution in [0.1, 0.15) is 41.9 Å². The fourth-order valence-electron chi connectivity index (χ4n) is 2.56. The summed E-state index contributed by atoms with van der Waals surface area (Å²) in [5, 5.41) is 4.25. The quantitative estimate of drug-likeness (QED) is 0.896. The van der Waals surface area contributed by atoms with E-state index in [-0.39, 0.29) is 6.04 Å². The standard InChI is InChI=1S/C15H22N4/c1-4-8-19-14(17-10-18-19)9-13(16)15-11(2)6-5-7-12(15)3/h5-7,10,13H,4,8-9,16H2,1-3H3. The molecular weight excluding hydrogens is 236 g/mol. The summed E-state index contributed by atoms with van der Waals surface area (Å²) < 4.78 is 1.95. The van der Waals surface area contributed by atoms with Crippen molar-refractivity contribution in [2.75, 3.05) is 0 Å². The number of aromatic nitrogens is 3. The molecule has 0 bridgehead atoms. The summed E-state index contributed by atoms with van der Waals surface area (Å²) >= 11 is 0. The Labute approximate surface area is 114 Å². The molecule has 0 amide bonds. The van der Waals surface area contributed by atoms with Crippen LogP contribution in [0.4, 0.5) is 0 Å². The molecule has 0 aliphatic rings. The molecule has 4 heteroatoms. The molecule has 1 aromatic carbocycles. The summed E-state index contributed by atoms with van der Waals surface area (Å²) in [6, 6.07) is 6.26. The summed E-state index contributed by atoms with van der Waals surface area (Å²) in [6.07, 6.45) is 3.39. The minimum atomic E-state index is -0.0268.